The molecule has 0 radical (unpaired) electrons. The molecule has 2 nitrogen and oxygen atoms in total. The van der Waals surface area contributed by atoms with Gasteiger partial charge in [-0.3, -0.25) is 0 Å². The van der Waals surface area contributed by atoms with Gasteiger partial charge in [0, 0.05) is 18.1 Å². The summed E-state index contributed by atoms with van der Waals surface area (Å²) in [5.74, 6) is 0.926. The molecule has 0 aliphatic carbocycles. The number of aryl methyl sites for hydroxylation is 1. The van der Waals surface area contributed by atoms with Gasteiger partial charge in [-0.1, -0.05) is 41.9 Å². The average Bonchev–Trinajstić information content (AvgIpc) is 2.41. The van der Waals surface area contributed by atoms with Gasteiger partial charge in [-0.2, -0.15) is 0 Å². The van der Waals surface area contributed by atoms with Gasteiger partial charge in [-0.05, 0) is 35.7 Å². The van der Waals surface area contributed by atoms with Gasteiger partial charge in [0.15, 0.2) is 0 Å². The van der Waals surface area contributed by atoms with Crippen LogP contribution in [0.5, 0.6) is 5.75 Å². The largest absolute Gasteiger partial charge is 0.496 e. The summed E-state index contributed by atoms with van der Waals surface area (Å²) in [6.45, 7) is 3.64. The Hall–Kier alpha value is -1.51. The summed E-state index contributed by atoms with van der Waals surface area (Å²) >= 11 is 6.11. The second-order valence-corrected chi connectivity index (χ2v) is 4.91. The Balaban J connectivity index is 1.93. The lowest BCUT2D eigenvalue weighted by Crippen LogP contribution is -2.13. The van der Waals surface area contributed by atoms with Crippen LogP contribution in [0, 0.1) is 6.92 Å². The molecule has 0 aromatic heterocycles. The molecule has 0 unspecified atom stereocenters. The normalized spacial score (nSPS) is 10.5. The summed E-state index contributed by atoms with van der Waals surface area (Å²) in [4.78, 5) is 0. The summed E-state index contributed by atoms with van der Waals surface area (Å²) < 4.78 is 5.25. The highest BCUT2D eigenvalue weighted by molar-refractivity contribution is 6.31. The van der Waals surface area contributed by atoms with Gasteiger partial charge in [0.25, 0.3) is 0 Å². The van der Waals surface area contributed by atoms with Crippen LogP contribution in [0.3, 0.4) is 0 Å². The van der Waals surface area contributed by atoms with Crippen molar-refractivity contribution in [3.63, 3.8) is 0 Å². The third-order valence-corrected chi connectivity index (χ3v) is 3.43. The highest BCUT2D eigenvalue weighted by atomic mass is 35.5. The fourth-order valence-corrected chi connectivity index (χ4v) is 2.24. The monoisotopic (exact) mass is 275 g/mol. The van der Waals surface area contributed by atoms with Crippen molar-refractivity contribution in [2.45, 2.75) is 20.0 Å². The van der Waals surface area contributed by atoms with Gasteiger partial charge >= 0.3 is 0 Å². The Morgan fingerprint density at radius 1 is 1.11 bits per heavy atom. The van der Waals surface area contributed by atoms with E-state index >= 15 is 0 Å². The molecule has 0 saturated carbocycles. The third kappa shape index (κ3) is 3.72. The van der Waals surface area contributed by atoms with Crippen molar-refractivity contribution in [3.8, 4) is 5.75 Å². The molecule has 0 heterocycles. The smallest absolute Gasteiger partial charge is 0.121 e. The highest BCUT2D eigenvalue weighted by Crippen LogP contribution is 2.19. The highest BCUT2D eigenvalue weighted by Gasteiger charge is 2.01. The molecule has 0 aliphatic rings. The first kappa shape index (κ1) is 13.9. The minimum atomic E-state index is 0.769. The van der Waals surface area contributed by atoms with Crippen molar-refractivity contribution in [2.24, 2.45) is 0 Å². The van der Waals surface area contributed by atoms with Crippen molar-refractivity contribution >= 4 is 11.6 Å². The zero-order valence-corrected chi connectivity index (χ0v) is 12.0. The number of hydrogen-bond acceptors (Lipinski definition) is 2. The molecule has 0 bridgehead atoms. The van der Waals surface area contributed by atoms with Crippen LogP contribution in [-0.4, -0.2) is 7.11 Å². The first-order chi connectivity index (χ1) is 9.20. The minimum Gasteiger partial charge on any atom is -0.496 e. The standard InChI is InChI=1S/C16H18ClNO/c1-12-9-13(7-8-16(12)19-2)10-18-11-14-5-3-4-6-15(14)17/h3-9,18H,10-11H2,1-2H3. The van der Waals surface area contributed by atoms with Crippen molar-refractivity contribution in [3.05, 3.63) is 64.2 Å². The van der Waals surface area contributed by atoms with Crippen LogP contribution >= 0.6 is 11.6 Å². The predicted octanol–water partition coefficient (Wildman–Crippen LogP) is 3.95. The number of benzene rings is 2. The molecule has 0 fully saturated rings. The average molecular weight is 276 g/mol. The van der Waals surface area contributed by atoms with Gasteiger partial charge < -0.3 is 10.1 Å². The molecule has 0 saturated heterocycles. The first-order valence-corrected chi connectivity index (χ1v) is 6.66. The summed E-state index contributed by atoms with van der Waals surface area (Å²) in [6.07, 6.45) is 0. The second-order valence-electron chi connectivity index (χ2n) is 4.50. The van der Waals surface area contributed by atoms with Gasteiger partial charge in [0.2, 0.25) is 0 Å². The Kier molecular flexibility index (Phi) is 4.83. The van der Waals surface area contributed by atoms with Crippen molar-refractivity contribution in [1.29, 1.82) is 0 Å². The van der Waals surface area contributed by atoms with E-state index in [9.17, 15) is 0 Å². The maximum absolute atomic E-state index is 6.11. The van der Waals surface area contributed by atoms with Crippen LogP contribution in [0.25, 0.3) is 0 Å². The molecule has 19 heavy (non-hydrogen) atoms. The Labute approximate surface area is 119 Å². The number of hydrogen-bond donors (Lipinski definition) is 1. The van der Waals surface area contributed by atoms with Crippen molar-refractivity contribution < 1.29 is 4.74 Å². The van der Waals surface area contributed by atoms with Crippen LogP contribution in [0.2, 0.25) is 5.02 Å². The van der Waals surface area contributed by atoms with Crippen LogP contribution in [-0.2, 0) is 13.1 Å². The number of ether oxygens (including phenoxy) is 1. The zero-order valence-electron chi connectivity index (χ0n) is 11.2. The molecule has 2 aromatic rings. The van der Waals surface area contributed by atoms with E-state index in [1.165, 1.54) is 5.56 Å². The zero-order chi connectivity index (χ0) is 13.7. The number of nitrogens with one attached hydrogen (secondary N) is 1. The molecule has 0 amide bonds. The van der Waals surface area contributed by atoms with E-state index in [1.807, 2.05) is 30.3 Å². The summed E-state index contributed by atoms with van der Waals surface area (Å²) in [5.41, 5.74) is 3.51. The summed E-state index contributed by atoms with van der Waals surface area (Å²) in [5, 5.41) is 4.20. The molecule has 2 rings (SSSR count). The molecule has 0 aliphatic heterocycles. The SMILES string of the molecule is COc1ccc(CNCc2ccccc2Cl)cc1C. The number of methoxy groups -OCH3 is 1. The lowest BCUT2D eigenvalue weighted by atomic mass is 10.1. The fourth-order valence-electron chi connectivity index (χ4n) is 2.03. The van der Waals surface area contributed by atoms with E-state index in [0.717, 1.165) is 35.0 Å². The first-order valence-electron chi connectivity index (χ1n) is 6.28. The lowest BCUT2D eigenvalue weighted by Gasteiger charge is -2.09. The van der Waals surface area contributed by atoms with Crippen LogP contribution in [0.1, 0.15) is 16.7 Å². The van der Waals surface area contributed by atoms with E-state index in [-0.39, 0.29) is 0 Å². The molecule has 0 spiro atoms. The Bertz CT molecular complexity index is 554. The van der Waals surface area contributed by atoms with E-state index in [2.05, 4.69) is 24.4 Å². The van der Waals surface area contributed by atoms with Gasteiger partial charge in [0.1, 0.15) is 5.75 Å². The second kappa shape index (κ2) is 6.60. The fraction of sp³-hybridized carbons (Fsp3) is 0.250. The van der Waals surface area contributed by atoms with Gasteiger partial charge in [-0.25, -0.2) is 0 Å². The van der Waals surface area contributed by atoms with Gasteiger partial charge in [0.05, 0.1) is 7.11 Å². The summed E-state index contributed by atoms with van der Waals surface area (Å²) in [6, 6.07) is 14.1. The molecule has 3 heteroatoms. The van der Waals surface area contributed by atoms with Crippen molar-refractivity contribution in [1.82, 2.24) is 5.32 Å². The van der Waals surface area contributed by atoms with E-state index in [0.29, 0.717) is 0 Å². The third-order valence-electron chi connectivity index (χ3n) is 3.06. The van der Waals surface area contributed by atoms with Crippen molar-refractivity contribution in [2.75, 3.05) is 7.11 Å². The molecule has 0 atom stereocenters. The maximum Gasteiger partial charge on any atom is 0.121 e. The van der Waals surface area contributed by atoms with Gasteiger partial charge in [-0.15, -0.1) is 0 Å². The predicted molar refractivity (Wildman–Crippen MR) is 79.7 cm³/mol. The molecule has 100 valence electrons. The molecule has 1 N–H and O–H groups in total. The van der Waals surface area contributed by atoms with Crippen LogP contribution in [0.15, 0.2) is 42.5 Å². The maximum atomic E-state index is 6.11. The topological polar surface area (TPSA) is 21.3 Å². The molecular formula is C16H18ClNO. The Morgan fingerprint density at radius 3 is 2.58 bits per heavy atom. The molecular weight excluding hydrogens is 258 g/mol. The number of rotatable bonds is 5. The van der Waals surface area contributed by atoms with E-state index in [1.54, 1.807) is 7.11 Å². The van der Waals surface area contributed by atoms with E-state index in [4.69, 9.17) is 16.3 Å². The lowest BCUT2D eigenvalue weighted by molar-refractivity contribution is 0.411. The summed E-state index contributed by atoms with van der Waals surface area (Å²) in [7, 11) is 1.69. The van der Waals surface area contributed by atoms with Crippen LogP contribution < -0.4 is 10.1 Å². The van der Waals surface area contributed by atoms with E-state index < -0.39 is 0 Å². The minimum absolute atomic E-state index is 0.769. The molecule has 2 aromatic carbocycles. The number of halogens is 1. The quantitative estimate of drug-likeness (QED) is 0.892. The van der Waals surface area contributed by atoms with Crippen LogP contribution in [0.4, 0.5) is 0 Å². The Morgan fingerprint density at radius 2 is 1.89 bits per heavy atom.